The molecule has 26 heavy (non-hydrogen) atoms. The molecule has 1 aliphatic rings. The van der Waals surface area contributed by atoms with Crippen molar-refractivity contribution in [3.63, 3.8) is 0 Å². The van der Waals surface area contributed by atoms with Crippen molar-refractivity contribution in [1.82, 2.24) is 0 Å². The molecule has 3 unspecified atom stereocenters. The van der Waals surface area contributed by atoms with Gasteiger partial charge in [0.2, 0.25) is 0 Å². The molecule has 0 aromatic rings. The van der Waals surface area contributed by atoms with Crippen LogP contribution in [0.25, 0.3) is 0 Å². The third kappa shape index (κ3) is 8.62. The Morgan fingerprint density at radius 1 is 1.15 bits per heavy atom. The van der Waals surface area contributed by atoms with Crippen molar-refractivity contribution in [3.8, 4) is 0 Å². The smallest absolute Gasteiger partial charge is 0.330 e. The van der Waals surface area contributed by atoms with Gasteiger partial charge in [-0.15, -0.1) is 0 Å². The molecule has 1 N–H and O–H groups in total. The molecule has 0 heterocycles. The van der Waals surface area contributed by atoms with Crippen molar-refractivity contribution in [2.75, 3.05) is 6.61 Å². The molecule has 0 aromatic heterocycles. The molecule has 1 fully saturated rings. The van der Waals surface area contributed by atoms with Crippen molar-refractivity contribution in [2.45, 2.75) is 83.3 Å². The van der Waals surface area contributed by atoms with E-state index in [1.807, 2.05) is 0 Å². The van der Waals surface area contributed by atoms with Gasteiger partial charge in [-0.1, -0.05) is 26.3 Å². The molecule has 1 aliphatic carbocycles. The number of unbranched alkanes of at least 4 members (excludes halogenated alkanes) is 1. The maximum Gasteiger partial charge on any atom is 0.330 e. The second-order valence-corrected chi connectivity index (χ2v) is 20.1. The molecule has 0 radical (unpaired) electrons. The SMILES string of the molecule is C=CC(=O)OCCCC[Si](C)(O[Si](C)(C)O)O[Si](C)(C)C1CCC(C)C1. The van der Waals surface area contributed by atoms with Crippen LogP contribution < -0.4 is 0 Å². The number of ether oxygens (including phenoxy) is 1. The van der Waals surface area contributed by atoms with Gasteiger partial charge in [-0.05, 0) is 69.5 Å². The van der Waals surface area contributed by atoms with Crippen LogP contribution in [0, 0.1) is 5.92 Å². The Bertz CT molecular complexity index is 478. The minimum Gasteiger partial charge on any atom is -0.463 e. The molecular formula is C18H38O5Si3. The van der Waals surface area contributed by atoms with Gasteiger partial charge < -0.3 is 17.8 Å². The zero-order valence-corrected chi connectivity index (χ0v) is 20.5. The zero-order chi connectivity index (χ0) is 20.0. The number of carbonyl (C=O) groups is 1. The summed E-state index contributed by atoms with van der Waals surface area (Å²) in [5.74, 6) is 0.401. The fourth-order valence-corrected chi connectivity index (χ4v) is 17.3. The van der Waals surface area contributed by atoms with E-state index in [1.165, 1.54) is 25.3 Å². The monoisotopic (exact) mass is 418 g/mol. The van der Waals surface area contributed by atoms with E-state index in [1.54, 1.807) is 13.1 Å². The van der Waals surface area contributed by atoms with E-state index in [4.69, 9.17) is 13.0 Å². The number of carbonyl (C=O) groups excluding carboxylic acids is 1. The summed E-state index contributed by atoms with van der Waals surface area (Å²) in [4.78, 5) is 21.5. The van der Waals surface area contributed by atoms with Crippen LogP contribution in [0.2, 0.25) is 44.3 Å². The van der Waals surface area contributed by atoms with Gasteiger partial charge in [0.05, 0.1) is 6.61 Å². The molecule has 0 aliphatic heterocycles. The van der Waals surface area contributed by atoms with E-state index in [-0.39, 0.29) is 5.97 Å². The molecular weight excluding hydrogens is 380 g/mol. The minimum atomic E-state index is -2.68. The first-order valence-electron chi connectivity index (χ1n) is 9.79. The Kier molecular flexibility index (Phi) is 8.95. The number of hydrogen-bond donors (Lipinski definition) is 1. The lowest BCUT2D eigenvalue weighted by Gasteiger charge is -2.41. The largest absolute Gasteiger partial charge is 0.463 e. The van der Waals surface area contributed by atoms with E-state index in [0.29, 0.717) is 12.1 Å². The highest BCUT2D eigenvalue weighted by Gasteiger charge is 2.46. The summed E-state index contributed by atoms with van der Waals surface area (Å²) in [6.07, 6.45) is 6.61. The maximum atomic E-state index is 11.1. The van der Waals surface area contributed by atoms with Crippen LogP contribution in [-0.4, -0.2) is 42.8 Å². The van der Waals surface area contributed by atoms with Crippen LogP contribution in [0.15, 0.2) is 12.7 Å². The third-order valence-corrected chi connectivity index (χ3v) is 16.4. The molecule has 1 saturated carbocycles. The van der Waals surface area contributed by atoms with Crippen molar-refractivity contribution < 1.29 is 22.6 Å². The van der Waals surface area contributed by atoms with Crippen molar-refractivity contribution in [1.29, 1.82) is 0 Å². The fourth-order valence-electron chi connectivity index (χ4n) is 3.91. The van der Waals surface area contributed by atoms with E-state index >= 15 is 0 Å². The first-order chi connectivity index (χ1) is 11.9. The maximum absolute atomic E-state index is 11.1. The zero-order valence-electron chi connectivity index (χ0n) is 17.5. The number of hydrogen-bond acceptors (Lipinski definition) is 5. The van der Waals surface area contributed by atoms with Crippen LogP contribution >= 0.6 is 0 Å². The molecule has 0 spiro atoms. The standard InChI is InChI=1S/C18H38O5Si3/c1-8-18(19)21-13-9-10-14-26(7,23-25(5,6)20)22-24(3,4)17-12-11-16(2)15-17/h8,16-17,20H,1,9-15H2,2-7H3. The van der Waals surface area contributed by atoms with Gasteiger partial charge in [-0.2, -0.15) is 0 Å². The molecule has 5 nitrogen and oxygen atoms in total. The predicted molar refractivity (Wildman–Crippen MR) is 113 cm³/mol. The van der Waals surface area contributed by atoms with Crippen LogP contribution in [0.1, 0.15) is 39.0 Å². The number of esters is 1. The van der Waals surface area contributed by atoms with Gasteiger partial charge in [0.25, 0.3) is 0 Å². The average Bonchev–Trinajstić information content (AvgIpc) is 2.91. The summed E-state index contributed by atoms with van der Waals surface area (Å²) in [7, 11) is -7.05. The first kappa shape index (κ1) is 23.8. The summed E-state index contributed by atoms with van der Waals surface area (Å²) < 4.78 is 18.1. The molecule has 1 rings (SSSR count). The molecule has 8 heteroatoms. The topological polar surface area (TPSA) is 65.0 Å². The van der Waals surface area contributed by atoms with Gasteiger partial charge in [0, 0.05) is 6.08 Å². The van der Waals surface area contributed by atoms with Crippen LogP contribution in [-0.2, 0) is 17.8 Å². The minimum absolute atomic E-state index is 0.384. The van der Waals surface area contributed by atoms with E-state index in [9.17, 15) is 9.59 Å². The molecule has 0 bridgehead atoms. The highest BCUT2D eigenvalue weighted by atomic mass is 28.5. The Balaban J connectivity index is 2.66. The van der Waals surface area contributed by atoms with Crippen molar-refractivity contribution in [3.05, 3.63) is 12.7 Å². The predicted octanol–water partition coefficient (Wildman–Crippen LogP) is 4.69. The average molecular weight is 419 g/mol. The summed E-state index contributed by atoms with van der Waals surface area (Å²) >= 11 is 0. The van der Waals surface area contributed by atoms with Crippen molar-refractivity contribution >= 4 is 31.4 Å². The highest BCUT2D eigenvalue weighted by Crippen LogP contribution is 2.43. The van der Waals surface area contributed by atoms with Gasteiger partial charge >= 0.3 is 23.1 Å². The van der Waals surface area contributed by atoms with E-state index in [2.05, 4.69) is 33.1 Å². The summed E-state index contributed by atoms with van der Waals surface area (Å²) in [5.41, 5.74) is 0.671. The lowest BCUT2D eigenvalue weighted by molar-refractivity contribution is -0.137. The lowest BCUT2D eigenvalue weighted by atomic mass is 10.1. The Labute approximate surface area is 162 Å². The van der Waals surface area contributed by atoms with Gasteiger partial charge in [-0.25, -0.2) is 4.79 Å². The normalized spacial score (nSPS) is 23.5. The molecule has 3 atom stereocenters. The third-order valence-electron chi connectivity index (χ3n) is 5.06. The van der Waals surface area contributed by atoms with Gasteiger partial charge in [-0.3, -0.25) is 0 Å². The van der Waals surface area contributed by atoms with Gasteiger partial charge in [0.1, 0.15) is 0 Å². The Hall–Kier alpha value is -0.259. The van der Waals surface area contributed by atoms with Gasteiger partial charge in [0.15, 0.2) is 8.32 Å². The second-order valence-electron chi connectivity index (χ2n) is 8.83. The second kappa shape index (κ2) is 9.79. The quantitative estimate of drug-likeness (QED) is 0.228. The molecule has 0 saturated heterocycles. The Morgan fingerprint density at radius 3 is 2.31 bits per heavy atom. The van der Waals surface area contributed by atoms with Crippen LogP contribution in [0.5, 0.6) is 0 Å². The molecule has 0 amide bonds. The summed E-state index contributed by atoms with van der Waals surface area (Å²) in [6, 6.07) is 0.814. The highest BCUT2D eigenvalue weighted by molar-refractivity contribution is 6.87. The number of rotatable bonds is 11. The first-order valence-corrected chi connectivity index (χ1v) is 18.2. The summed E-state index contributed by atoms with van der Waals surface area (Å²) in [6.45, 7) is 16.4. The molecule has 0 aromatic carbocycles. The molecule has 152 valence electrons. The summed E-state index contributed by atoms with van der Waals surface area (Å²) in [5, 5.41) is 0. The fraction of sp³-hybridized carbons (Fsp3) is 0.833. The van der Waals surface area contributed by atoms with Crippen LogP contribution in [0.3, 0.4) is 0 Å². The Morgan fingerprint density at radius 2 is 1.81 bits per heavy atom. The van der Waals surface area contributed by atoms with Crippen molar-refractivity contribution in [2.24, 2.45) is 5.92 Å². The van der Waals surface area contributed by atoms with Crippen LogP contribution in [0.4, 0.5) is 0 Å². The lowest BCUT2D eigenvalue weighted by Crippen LogP contribution is -2.55. The van der Waals surface area contributed by atoms with E-state index in [0.717, 1.165) is 24.8 Å². The van der Waals surface area contributed by atoms with E-state index < -0.39 is 25.4 Å².